The van der Waals surface area contributed by atoms with Crippen LogP contribution in [0.3, 0.4) is 0 Å². The van der Waals surface area contributed by atoms with E-state index in [9.17, 15) is 4.79 Å². The van der Waals surface area contributed by atoms with E-state index >= 15 is 0 Å². The van der Waals surface area contributed by atoms with Crippen LogP contribution in [0, 0.1) is 0 Å². The molecular formula is C16H22N4O. The molecule has 1 aliphatic carbocycles. The van der Waals surface area contributed by atoms with Gasteiger partial charge in [-0.15, -0.1) is 0 Å². The van der Waals surface area contributed by atoms with Gasteiger partial charge in [0.2, 0.25) is 5.91 Å². The largest absolute Gasteiger partial charge is 0.338 e. The van der Waals surface area contributed by atoms with Gasteiger partial charge in [-0.3, -0.25) is 4.79 Å². The van der Waals surface area contributed by atoms with E-state index in [2.05, 4.69) is 4.98 Å². The normalized spacial score (nSPS) is 14.6. The fourth-order valence-electron chi connectivity index (χ4n) is 2.87. The van der Waals surface area contributed by atoms with Gasteiger partial charge in [0.15, 0.2) is 0 Å². The second kappa shape index (κ2) is 5.85. The Morgan fingerprint density at radius 2 is 2.19 bits per heavy atom. The second-order valence-corrected chi connectivity index (χ2v) is 5.55. The molecule has 1 aromatic heterocycles. The van der Waals surface area contributed by atoms with Crippen molar-refractivity contribution in [3.63, 3.8) is 0 Å². The number of nitrogens with two attached hydrogens (primary N) is 1. The third kappa shape index (κ3) is 2.78. The number of nitrogens with zero attached hydrogens (tertiary/aromatic N) is 3. The Morgan fingerprint density at radius 1 is 1.43 bits per heavy atom. The molecule has 1 saturated carbocycles. The summed E-state index contributed by atoms with van der Waals surface area (Å²) in [6, 6.07) is 8.40. The maximum absolute atomic E-state index is 12.6. The minimum absolute atomic E-state index is 0.182. The lowest BCUT2D eigenvalue weighted by atomic mass is 10.3. The van der Waals surface area contributed by atoms with Crippen molar-refractivity contribution in [2.75, 3.05) is 13.1 Å². The predicted molar refractivity (Wildman–Crippen MR) is 82.9 cm³/mol. The van der Waals surface area contributed by atoms with E-state index in [0.717, 1.165) is 36.2 Å². The molecule has 0 aliphatic heterocycles. The fourth-order valence-corrected chi connectivity index (χ4v) is 2.87. The van der Waals surface area contributed by atoms with Crippen molar-refractivity contribution in [3.05, 3.63) is 30.1 Å². The van der Waals surface area contributed by atoms with Crippen LogP contribution in [0.2, 0.25) is 0 Å². The lowest BCUT2D eigenvalue weighted by Gasteiger charge is -2.21. The van der Waals surface area contributed by atoms with Gasteiger partial charge in [-0.25, -0.2) is 4.98 Å². The van der Waals surface area contributed by atoms with Crippen LogP contribution in [0.5, 0.6) is 0 Å². The van der Waals surface area contributed by atoms with Crippen molar-refractivity contribution in [3.8, 4) is 0 Å². The van der Waals surface area contributed by atoms with Crippen LogP contribution in [0.15, 0.2) is 24.3 Å². The summed E-state index contributed by atoms with van der Waals surface area (Å²) in [6.07, 6.45) is 2.97. The third-order valence-electron chi connectivity index (χ3n) is 4.04. The number of hydrogen-bond donors (Lipinski definition) is 1. The molecule has 0 spiro atoms. The Labute approximate surface area is 124 Å². The molecule has 21 heavy (non-hydrogen) atoms. The van der Waals surface area contributed by atoms with Crippen LogP contribution in [-0.2, 0) is 17.8 Å². The third-order valence-corrected chi connectivity index (χ3v) is 4.04. The average molecular weight is 286 g/mol. The van der Waals surface area contributed by atoms with Crippen LogP contribution in [0.4, 0.5) is 0 Å². The molecule has 5 heteroatoms. The van der Waals surface area contributed by atoms with Gasteiger partial charge in [-0.2, -0.15) is 0 Å². The van der Waals surface area contributed by atoms with Crippen molar-refractivity contribution in [1.29, 1.82) is 0 Å². The molecule has 1 heterocycles. The van der Waals surface area contributed by atoms with Gasteiger partial charge in [-0.05, 0) is 38.4 Å². The Kier molecular flexibility index (Phi) is 3.92. The highest BCUT2D eigenvalue weighted by Crippen LogP contribution is 2.27. The highest BCUT2D eigenvalue weighted by molar-refractivity contribution is 5.81. The minimum atomic E-state index is 0.182. The molecule has 0 radical (unpaired) electrons. The lowest BCUT2D eigenvalue weighted by Crippen LogP contribution is -2.35. The van der Waals surface area contributed by atoms with Crippen LogP contribution in [0.1, 0.15) is 25.6 Å². The van der Waals surface area contributed by atoms with E-state index < -0.39 is 0 Å². The van der Waals surface area contributed by atoms with Crippen molar-refractivity contribution in [2.45, 2.75) is 38.8 Å². The van der Waals surface area contributed by atoms with Crippen LogP contribution < -0.4 is 5.73 Å². The molecule has 1 fully saturated rings. The Bertz CT molecular complexity index is 645. The van der Waals surface area contributed by atoms with Crippen LogP contribution >= 0.6 is 0 Å². The van der Waals surface area contributed by atoms with Gasteiger partial charge in [0.05, 0.1) is 11.0 Å². The SMILES string of the molecule is CCN(C(=O)Cn1c(CCN)nc2ccccc21)C1CC1. The molecule has 1 aromatic carbocycles. The zero-order valence-electron chi connectivity index (χ0n) is 12.5. The van der Waals surface area contributed by atoms with Crippen molar-refractivity contribution < 1.29 is 4.79 Å². The summed E-state index contributed by atoms with van der Waals surface area (Å²) >= 11 is 0. The molecule has 2 N–H and O–H groups in total. The highest BCUT2D eigenvalue weighted by atomic mass is 16.2. The van der Waals surface area contributed by atoms with Gasteiger partial charge < -0.3 is 15.2 Å². The zero-order chi connectivity index (χ0) is 14.8. The maximum atomic E-state index is 12.6. The maximum Gasteiger partial charge on any atom is 0.242 e. The number of carbonyl (C=O) groups is 1. The number of fused-ring (bicyclic) bond motifs is 1. The summed E-state index contributed by atoms with van der Waals surface area (Å²) in [5.74, 6) is 1.08. The first-order valence-electron chi connectivity index (χ1n) is 7.68. The Morgan fingerprint density at radius 3 is 2.86 bits per heavy atom. The van der Waals surface area contributed by atoms with E-state index in [0.29, 0.717) is 25.6 Å². The number of para-hydroxylation sites is 2. The van der Waals surface area contributed by atoms with E-state index in [1.165, 1.54) is 0 Å². The number of amides is 1. The Hall–Kier alpha value is -1.88. The summed E-state index contributed by atoms with van der Waals surface area (Å²) in [7, 11) is 0. The number of aromatic nitrogens is 2. The van der Waals surface area contributed by atoms with Gasteiger partial charge in [-0.1, -0.05) is 12.1 Å². The molecule has 0 atom stereocenters. The molecule has 0 unspecified atom stereocenters. The smallest absolute Gasteiger partial charge is 0.242 e. The van der Waals surface area contributed by atoms with Gasteiger partial charge in [0, 0.05) is 19.0 Å². The van der Waals surface area contributed by atoms with Crippen molar-refractivity contribution >= 4 is 16.9 Å². The second-order valence-electron chi connectivity index (χ2n) is 5.55. The number of hydrogen-bond acceptors (Lipinski definition) is 3. The van der Waals surface area contributed by atoms with E-state index in [4.69, 9.17) is 5.73 Å². The first kappa shape index (κ1) is 14.1. The fraction of sp³-hybridized carbons (Fsp3) is 0.500. The molecule has 112 valence electrons. The molecule has 1 aliphatic rings. The lowest BCUT2D eigenvalue weighted by molar-refractivity contribution is -0.132. The van der Waals surface area contributed by atoms with E-state index in [1.807, 2.05) is 40.7 Å². The van der Waals surface area contributed by atoms with E-state index in [-0.39, 0.29) is 5.91 Å². The quantitative estimate of drug-likeness (QED) is 0.876. The number of rotatable bonds is 6. The van der Waals surface area contributed by atoms with Crippen molar-refractivity contribution in [1.82, 2.24) is 14.5 Å². The summed E-state index contributed by atoms with van der Waals surface area (Å²) in [5.41, 5.74) is 7.63. The molecule has 0 bridgehead atoms. The predicted octanol–water partition coefficient (Wildman–Crippen LogP) is 1.55. The average Bonchev–Trinajstić information content (AvgIpc) is 3.25. The van der Waals surface area contributed by atoms with Gasteiger partial charge >= 0.3 is 0 Å². The molecule has 3 rings (SSSR count). The molecule has 5 nitrogen and oxygen atoms in total. The minimum Gasteiger partial charge on any atom is -0.338 e. The number of imidazole rings is 1. The number of carbonyl (C=O) groups excluding carboxylic acids is 1. The first-order chi connectivity index (χ1) is 10.2. The van der Waals surface area contributed by atoms with Crippen LogP contribution in [-0.4, -0.2) is 39.5 Å². The zero-order valence-corrected chi connectivity index (χ0v) is 12.5. The molecule has 1 amide bonds. The summed E-state index contributed by atoms with van der Waals surface area (Å²) < 4.78 is 2.02. The molecular weight excluding hydrogens is 264 g/mol. The topological polar surface area (TPSA) is 64.2 Å². The summed E-state index contributed by atoms with van der Waals surface area (Å²) in [4.78, 5) is 19.2. The van der Waals surface area contributed by atoms with Gasteiger partial charge in [0.1, 0.15) is 12.4 Å². The summed E-state index contributed by atoms with van der Waals surface area (Å²) in [6.45, 7) is 3.73. The van der Waals surface area contributed by atoms with Crippen LogP contribution in [0.25, 0.3) is 11.0 Å². The molecule has 2 aromatic rings. The highest BCUT2D eigenvalue weighted by Gasteiger charge is 2.31. The van der Waals surface area contributed by atoms with Gasteiger partial charge in [0.25, 0.3) is 0 Å². The number of likely N-dealkylation sites (N-methyl/N-ethyl adjacent to an activating group) is 1. The number of benzene rings is 1. The van der Waals surface area contributed by atoms with Crippen molar-refractivity contribution in [2.24, 2.45) is 5.73 Å². The first-order valence-corrected chi connectivity index (χ1v) is 7.68. The standard InChI is InChI=1S/C16H22N4O/c1-2-19(12-7-8-12)16(21)11-20-14-6-4-3-5-13(14)18-15(20)9-10-17/h3-6,12H,2,7-11,17H2,1H3. The Balaban J connectivity index is 1.90. The monoisotopic (exact) mass is 286 g/mol. The summed E-state index contributed by atoms with van der Waals surface area (Å²) in [5, 5.41) is 0. The van der Waals surface area contributed by atoms with E-state index in [1.54, 1.807) is 0 Å². The molecule has 0 saturated heterocycles.